The molecular formula is C24H37BrN4O3. The first-order valence-electron chi connectivity index (χ1n) is 12.0. The number of ether oxygens (including phenoxy) is 1. The maximum absolute atomic E-state index is 13.6. The lowest BCUT2D eigenvalue weighted by molar-refractivity contribution is -0.121. The minimum absolute atomic E-state index is 0.0967. The predicted octanol–water partition coefficient (Wildman–Crippen LogP) is 5.85. The van der Waals surface area contributed by atoms with Crippen molar-refractivity contribution >= 4 is 33.6 Å². The highest BCUT2D eigenvalue weighted by molar-refractivity contribution is 9.10. The zero-order chi connectivity index (χ0) is 23.1. The Labute approximate surface area is 200 Å². The lowest BCUT2D eigenvalue weighted by atomic mass is 9.66. The summed E-state index contributed by atoms with van der Waals surface area (Å²) in [6, 6.07) is -0.653. The molecule has 0 radical (unpaired) electrons. The molecule has 0 unspecified atom stereocenters. The van der Waals surface area contributed by atoms with E-state index in [-0.39, 0.29) is 11.8 Å². The number of hydrogen-bond acceptors (Lipinski definition) is 5. The van der Waals surface area contributed by atoms with Crippen molar-refractivity contribution in [1.82, 2.24) is 15.3 Å². The van der Waals surface area contributed by atoms with E-state index in [9.17, 15) is 9.59 Å². The summed E-state index contributed by atoms with van der Waals surface area (Å²) in [5.74, 6) is 0.736. The Morgan fingerprint density at radius 3 is 1.94 bits per heavy atom. The first-order valence-corrected chi connectivity index (χ1v) is 12.8. The number of amides is 2. The van der Waals surface area contributed by atoms with Crippen LogP contribution in [-0.4, -0.2) is 33.6 Å². The SMILES string of the molecule is CC(C)(C)OC(=O)N[C@H](C(=O)Nc1cnc(Br)nc1)C(C1CCCCC1)C1CCCCC1. The van der Waals surface area contributed by atoms with Crippen LogP contribution in [0.3, 0.4) is 0 Å². The number of halogens is 1. The van der Waals surface area contributed by atoms with Gasteiger partial charge >= 0.3 is 6.09 Å². The van der Waals surface area contributed by atoms with Crippen LogP contribution in [0.5, 0.6) is 0 Å². The van der Waals surface area contributed by atoms with E-state index in [4.69, 9.17) is 4.74 Å². The van der Waals surface area contributed by atoms with Crippen molar-refractivity contribution in [1.29, 1.82) is 0 Å². The summed E-state index contributed by atoms with van der Waals surface area (Å²) in [5.41, 5.74) is -0.115. The van der Waals surface area contributed by atoms with Gasteiger partial charge in [0, 0.05) is 0 Å². The molecule has 3 rings (SSSR count). The molecule has 7 nitrogen and oxygen atoms in total. The Kier molecular flexibility index (Phi) is 8.91. The molecule has 32 heavy (non-hydrogen) atoms. The van der Waals surface area contributed by atoms with E-state index in [0.29, 0.717) is 22.3 Å². The molecule has 0 spiro atoms. The molecular weight excluding hydrogens is 472 g/mol. The molecule has 2 fully saturated rings. The minimum Gasteiger partial charge on any atom is -0.444 e. The van der Waals surface area contributed by atoms with Gasteiger partial charge in [0.25, 0.3) is 0 Å². The normalized spacial score (nSPS) is 19.4. The van der Waals surface area contributed by atoms with E-state index in [1.54, 1.807) is 12.4 Å². The molecule has 2 N–H and O–H groups in total. The van der Waals surface area contributed by atoms with Crippen LogP contribution in [0.25, 0.3) is 0 Å². The van der Waals surface area contributed by atoms with Crippen LogP contribution in [0.15, 0.2) is 17.1 Å². The molecule has 1 heterocycles. The van der Waals surface area contributed by atoms with Gasteiger partial charge in [0.15, 0.2) is 4.73 Å². The van der Waals surface area contributed by atoms with Gasteiger partial charge in [0.2, 0.25) is 5.91 Å². The van der Waals surface area contributed by atoms with Crippen LogP contribution in [0.4, 0.5) is 10.5 Å². The maximum atomic E-state index is 13.6. The lowest BCUT2D eigenvalue weighted by Gasteiger charge is -2.42. The molecule has 0 bridgehead atoms. The van der Waals surface area contributed by atoms with Gasteiger partial charge in [-0.1, -0.05) is 64.2 Å². The second-order valence-electron chi connectivity index (χ2n) is 10.2. The van der Waals surface area contributed by atoms with Crippen LogP contribution in [-0.2, 0) is 9.53 Å². The number of nitrogens with one attached hydrogen (secondary N) is 2. The number of carbonyl (C=O) groups is 2. The molecule has 0 saturated heterocycles. The zero-order valence-corrected chi connectivity index (χ0v) is 21.1. The zero-order valence-electron chi connectivity index (χ0n) is 19.5. The molecule has 2 aliphatic carbocycles. The molecule has 1 atom stereocenters. The Morgan fingerprint density at radius 1 is 0.969 bits per heavy atom. The van der Waals surface area contributed by atoms with Crippen LogP contribution >= 0.6 is 15.9 Å². The van der Waals surface area contributed by atoms with Crippen molar-refractivity contribution in [2.24, 2.45) is 17.8 Å². The van der Waals surface area contributed by atoms with Crippen LogP contribution in [0, 0.1) is 17.8 Å². The van der Waals surface area contributed by atoms with Gasteiger partial charge in [-0.15, -0.1) is 0 Å². The topological polar surface area (TPSA) is 93.2 Å². The van der Waals surface area contributed by atoms with E-state index in [1.807, 2.05) is 20.8 Å². The summed E-state index contributed by atoms with van der Waals surface area (Å²) in [4.78, 5) is 34.6. The maximum Gasteiger partial charge on any atom is 0.408 e. The van der Waals surface area contributed by atoms with Crippen LogP contribution in [0.1, 0.15) is 85.0 Å². The highest BCUT2D eigenvalue weighted by Crippen LogP contribution is 2.42. The van der Waals surface area contributed by atoms with Crippen molar-refractivity contribution in [2.75, 3.05) is 5.32 Å². The first-order chi connectivity index (χ1) is 15.2. The summed E-state index contributed by atoms with van der Waals surface area (Å²) in [6.45, 7) is 5.50. The minimum atomic E-state index is -0.653. The molecule has 1 aromatic heterocycles. The summed E-state index contributed by atoms with van der Waals surface area (Å²) in [6.07, 6.45) is 14.3. The number of anilines is 1. The number of aromatic nitrogens is 2. The van der Waals surface area contributed by atoms with E-state index in [0.717, 1.165) is 25.7 Å². The number of alkyl carbamates (subject to hydrolysis) is 1. The second kappa shape index (κ2) is 11.4. The van der Waals surface area contributed by atoms with Gasteiger partial charge in [-0.2, -0.15) is 0 Å². The molecule has 0 aliphatic heterocycles. The van der Waals surface area contributed by atoms with Crippen molar-refractivity contribution in [3.63, 3.8) is 0 Å². The second-order valence-corrected chi connectivity index (χ2v) is 10.9. The molecule has 1 aromatic rings. The van der Waals surface area contributed by atoms with E-state index < -0.39 is 17.7 Å². The quantitative estimate of drug-likeness (QED) is 0.470. The smallest absolute Gasteiger partial charge is 0.408 e. The fourth-order valence-electron chi connectivity index (χ4n) is 5.34. The average Bonchev–Trinajstić information content (AvgIpc) is 2.75. The number of carbonyl (C=O) groups excluding carboxylic acids is 2. The Balaban J connectivity index is 1.87. The first kappa shape index (κ1) is 24.9. The highest BCUT2D eigenvalue weighted by atomic mass is 79.9. The third-order valence-corrected chi connectivity index (χ3v) is 7.03. The van der Waals surface area contributed by atoms with E-state index in [2.05, 4.69) is 36.5 Å². The van der Waals surface area contributed by atoms with E-state index in [1.165, 1.54) is 38.5 Å². The van der Waals surface area contributed by atoms with Crippen molar-refractivity contribution < 1.29 is 14.3 Å². The third-order valence-electron chi connectivity index (χ3n) is 6.62. The number of nitrogens with zero attached hydrogens (tertiary/aromatic N) is 2. The van der Waals surface area contributed by atoms with Gasteiger partial charge in [-0.25, -0.2) is 14.8 Å². The summed E-state index contributed by atoms with van der Waals surface area (Å²) in [5, 5.41) is 5.92. The Morgan fingerprint density at radius 2 is 1.47 bits per heavy atom. The fraction of sp³-hybridized carbons (Fsp3) is 0.750. The molecule has 2 aliphatic rings. The summed E-state index contributed by atoms with van der Waals surface area (Å²) in [7, 11) is 0. The van der Waals surface area contributed by atoms with Gasteiger partial charge in [0.1, 0.15) is 11.6 Å². The van der Waals surface area contributed by atoms with Gasteiger partial charge in [-0.05, 0) is 54.5 Å². The van der Waals surface area contributed by atoms with Crippen molar-refractivity contribution in [3.05, 3.63) is 17.1 Å². The van der Waals surface area contributed by atoms with Crippen LogP contribution in [0.2, 0.25) is 0 Å². The Bertz CT molecular complexity index is 736. The van der Waals surface area contributed by atoms with Gasteiger partial charge in [0.05, 0.1) is 18.1 Å². The largest absolute Gasteiger partial charge is 0.444 e. The van der Waals surface area contributed by atoms with Crippen molar-refractivity contribution in [3.8, 4) is 0 Å². The molecule has 178 valence electrons. The molecule has 0 aromatic carbocycles. The number of hydrogen-bond donors (Lipinski definition) is 2. The average molecular weight is 509 g/mol. The van der Waals surface area contributed by atoms with E-state index >= 15 is 0 Å². The summed E-state index contributed by atoms with van der Waals surface area (Å²) < 4.78 is 6.01. The monoisotopic (exact) mass is 508 g/mol. The standard InChI is InChI=1S/C24H37BrN4O3/c1-24(2,3)32-23(31)29-20(21(30)28-18-14-26-22(25)27-15-18)19(16-10-6-4-7-11-16)17-12-8-5-9-13-17/h14-17,19-20H,4-13H2,1-3H3,(H,28,30)(H,29,31)/t20-/m0/s1. The molecule has 8 heteroatoms. The highest BCUT2D eigenvalue weighted by Gasteiger charge is 2.41. The number of rotatable bonds is 6. The third kappa shape index (κ3) is 7.42. The fourth-order valence-corrected chi connectivity index (χ4v) is 5.54. The van der Waals surface area contributed by atoms with Crippen molar-refractivity contribution in [2.45, 2.75) is 96.6 Å². The Hall–Kier alpha value is -1.70. The lowest BCUT2D eigenvalue weighted by Crippen LogP contribution is -2.54. The molecule has 2 saturated carbocycles. The predicted molar refractivity (Wildman–Crippen MR) is 128 cm³/mol. The van der Waals surface area contributed by atoms with Gasteiger partial charge in [-0.3, -0.25) is 4.79 Å². The van der Waals surface area contributed by atoms with Crippen LogP contribution < -0.4 is 10.6 Å². The summed E-state index contributed by atoms with van der Waals surface area (Å²) >= 11 is 3.22. The molecule has 2 amide bonds. The van der Waals surface area contributed by atoms with Gasteiger partial charge < -0.3 is 15.4 Å².